The Morgan fingerprint density at radius 3 is 2.26 bits per heavy atom. The summed E-state index contributed by atoms with van der Waals surface area (Å²) in [6, 6.07) is 26.3. The van der Waals surface area contributed by atoms with Crippen molar-refractivity contribution in [1.82, 2.24) is 10.2 Å². The summed E-state index contributed by atoms with van der Waals surface area (Å²) >= 11 is 0. The van der Waals surface area contributed by atoms with Gasteiger partial charge in [-0.3, -0.25) is 14.5 Å². The zero-order valence-electron chi connectivity index (χ0n) is 23.2. The average molecular weight is 568 g/mol. The van der Waals surface area contributed by atoms with Crippen LogP contribution in [-0.2, 0) is 22.6 Å². The SMILES string of the molecule is COc1ccccc1C(=O)Nc1ccc(C2OC(=O)N(Cc3ccc(C)cc3)C2C(=O)NCc2ccc(F)cc2)cc1. The van der Waals surface area contributed by atoms with Crippen LogP contribution in [0.2, 0.25) is 0 Å². The summed E-state index contributed by atoms with van der Waals surface area (Å²) in [6.45, 7) is 2.30. The van der Waals surface area contributed by atoms with E-state index in [2.05, 4.69) is 10.6 Å². The molecule has 5 rings (SSSR count). The summed E-state index contributed by atoms with van der Waals surface area (Å²) < 4.78 is 24.4. The lowest BCUT2D eigenvalue weighted by Crippen LogP contribution is -2.46. The number of hydrogen-bond acceptors (Lipinski definition) is 5. The molecule has 2 atom stereocenters. The number of methoxy groups -OCH3 is 1. The number of anilines is 1. The summed E-state index contributed by atoms with van der Waals surface area (Å²) in [6.07, 6.45) is -1.51. The van der Waals surface area contributed by atoms with Gasteiger partial charge in [-0.05, 0) is 60.0 Å². The number of para-hydroxylation sites is 1. The summed E-state index contributed by atoms with van der Waals surface area (Å²) in [4.78, 5) is 40.9. The maximum atomic E-state index is 13.6. The van der Waals surface area contributed by atoms with Crippen molar-refractivity contribution in [3.8, 4) is 5.75 Å². The van der Waals surface area contributed by atoms with Crippen LogP contribution in [0.3, 0.4) is 0 Å². The van der Waals surface area contributed by atoms with Crippen LogP contribution in [0, 0.1) is 12.7 Å². The minimum atomic E-state index is -0.965. The van der Waals surface area contributed by atoms with Crippen LogP contribution in [0.1, 0.15) is 38.7 Å². The molecule has 3 amide bonds. The second-order valence-corrected chi connectivity index (χ2v) is 9.98. The number of carbonyl (C=O) groups is 3. The number of aryl methyl sites for hydroxylation is 1. The van der Waals surface area contributed by atoms with E-state index in [-0.39, 0.29) is 24.8 Å². The number of rotatable bonds is 9. The second-order valence-electron chi connectivity index (χ2n) is 9.98. The fourth-order valence-electron chi connectivity index (χ4n) is 4.78. The first-order chi connectivity index (χ1) is 20.3. The molecule has 0 radical (unpaired) electrons. The highest BCUT2D eigenvalue weighted by molar-refractivity contribution is 6.06. The van der Waals surface area contributed by atoms with Crippen molar-refractivity contribution in [2.75, 3.05) is 12.4 Å². The first-order valence-electron chi connectivity index (χ1n) is 13.4. The van der Waals surface area contributed by atoms with E-state index in [1.165, 1.54) is 24.1 Å². The summed E-state index contributed by atoms with van der Waals surface area (Å²) in [7, 11) is 1.50. The Balaban J connectivity index is 1.36. The van der Waals surface area contributed by atoms with Crippen LogP contribution >= 0.6 is 0 Å². The lowest BCUT2D eigenvalue weighted by Gasteiger charge is -2.24. The first kappa shape index (κ1) is 28.4. The minimum Gasteiger partial charge on any atom is -0.496 e. The summed E-state index contributed by atoms with van der Waals surface area (Å²) in [5.41, 5.74) is 4.14. The van der Waals surface area contributed by atoms with Gasteiger partial charge in [-0.1, -0.05) is 66.2 Å². The standard InChI is InChI=1S/C33H30FN3O5/c1-21-7-9-23(10-8-21)20-37-29(32(39)35-19-22-11-15-25(34)16-12-22)30(42-33(37)40)24-13-17-26(18-14-24)36-31(38)27-5-3-4-6-28(27)41-2/h3-18,29-30H,19-20H2,1-2H3,(H,35,39)(H,36,38). The van der Waals surface area contributed by atoms with Gasteiger partial charge in [0.1, 0.15) is 11.6 Å². The third kappa shape index (κ3) is 6.41. The Hall–Kier alpha value is -5.18. The predicted molar refractivity (Wildman–Crippen MR) is 155 cm³/mol. The van der Waals surface area contributed by atoms with E-state index in [1.807, 2.05) is 31.2 Å². The van der Waals surface area contributed by atoms with Crippen LogP contribution in [0.4, 0.5) is 14.9 Å². The average Bonchev–Trinajstić information content (AvgIpc) is 3.33. The van der Waals surface area contributed by atoms with E-state index in [9.17, 15) is 18.8 Å². The number of cyclic esters (lactones) is 1. The molecule has 2 unspecified atom stereocenters. The van der Waals surface area contributed by atoms with Gasteiger partial charge in [-0.25, -0.2) is 9.18 Å². The molecule has 8 nitrogen and oxygen atoms in total. The number of nitrogens with zero attached hydrogens (tertiary/aromatic N) is 1. The molecule has 0 bridgehead atoms. The zero-order valence-corrected chi connectivity index (χ0v) is 23.2. The molecule has 0 aromatic heterocycles. The van der Waals surface area contributed by atoms with Crippen molar-refractivity contribution in [2.45, 2.75) is 32.2 Å². The van der Waals surface area contributed by atoms with Crippen LogP contribution in [0.5, 0.6) is 5.75 Å². The lowest BCUT2D eigenvalue weighted by molar-refractivity contribution is -0.126. The number of ether oxygens (including phenoxy) is 2. The van der Waals surface area contributed by atoms with Crippen LogP contribution in [0.15, 0.2) is 97.1 Å². The Kier molecular flexibility index (Phi) is 8.47. The van der Waals surface area contributed by atoms with E-state index >= 15 is 0 Å². The largest absolute Gasteiger partial charge is 0.496 e. The molecule has 214 valence electrons. The van der Waals surface area contributed by atoms with E-state index in [0.717, 1.165) is 11.1 Å². The number of amides is 3. The van der Waals surface area contributed by atoms with Crippen molar-refractivity contribution in [3.63, 3.8) is 0 Å². The second kappa shape index (κ2) is 12.6. The Morgan fingerprint density at radius 1 is 0.905 bits per heavy atom. The number of hydrogen-bond donors (Lipinski definition) is 2. The van der Waals surface area contributed by atoms with Crippen molar-refractivity contribution < 1.29 is 28.2 Å². The van der Waals surface area contributed by atoms with E-state index in [0.29, 0.717) is 28.1 Å². The Labute approximate surface area is 243 Å². The van der Waals surface area contributed by atoms with E-state index in [4.69, 9.17) is 9.47 Å². The van der Waals surface area contributed by atoms with Crippen LogP contribution in [-0.4, -0.2) is 36.0 Å². The van der Waals surface area contributed by atoms with Gasteiger partial charge >= 0.3 is 6.09 Å². The van der Waals surface area contributed by atoms with Gasteiger partial charge in [0, 0.05) is 12.2 Å². The molecule has 0 aliphatic carbocycles. The predicted octanol–water partition coefficient (Wildman–Crippen LogP) is 5.77. The summed E-state index contributed by atoms with van der Waals surface area (Å²) in [5.74, 6) is -0.662. The van der Waals surface area contributed by atoms with Crippen LogP contribution in [0.25, 0.3) is 0 Å². The molecule has 1 fully saturated rings. The molecule has 0 saturated carbocycles. The number of halogens is 1. The maximum Gasteiger partial charge on any atom is 0.411 e. The van der Waals surface area contributed by atoms with Gasteiger partial charge in [0.25, 0.3) is 5.91 Å². The Morgan fingerprint density at radius 2 is 1.57 bits per heavy atom. The third-order valence-electron chi connectivity index (χ3n) is 7.06. The number of carbonyl (C=O) groups excluding carboxylic acids is 3. The van der Waals surface area contributed by atoms with Gasteiger partial charge in [0.05, 0.1) is 19.2 Å². The maximum absolute atomic E-state index is 13.6. The van der Waals surface area contributed by atoms with Gasteiger partial charge in [-0.2, -0.15) is 0 Å². The Bertz CT molecular complexity index is 1570. The molecule has 0 spiro atoms. The number of nitrogens with one attached hydrogen (secondary N) is 2. The fraction of sp³-hybridized carbons (Fsp3) is 0.182. The highest BCUT2D eigenvalue weighted by Gasteiger charge is 2.46. The van der Waals surface area contributed by atoms with Gasteiger partial charge in [-0.15, -0.1) is 0 Å². The van der Waals surface area contributed by atoms with Gasteiger partial charge in [0.2, 0.25) is 5.91 Å². The number of benzene rings is 4. The monoisotopic (exact) mass is 567 g/mol. The zero-order chi connectivity index (χ0) is 29.6. The molecule has 42 heavy (non-hydrogen) atoms. The molecule has 2 N–H and O–H groups in total. The molecular formula is C33H30FN3O5. The lowest BCUT2D eigenvalue weighted by atomic mass is 10.00. The molecule has 1 heterocycles. The smallest absolute Gasteiger partial charge is 0.411 e. The first-order valence-corrected chi connectivity index (χ1v) is 13.4. The van der Waals surface area contributed by atoms with E-state index < -0.39 is 24.1 Å². The molecule has 1 aliphatic rings. The van der Waals surface area contributed by atoms with Crippen molar-refractivity contribution in [2.24, 2.45) is 0 Å². The molecule has 9 heteroatoms. The van der Waals surface area contributed by atoms with Gasteiger partial charge in [0.15, 0.2) is 12.1 Å². The fourth-order valence-corrected chi connectivity index (χ4v) is 4.78. The molecule has 1 saturated heterocycles. The molecule has 4 aromatic rings. The third-order valence-corrected chi connectivity index (χ3v) is 7.06. The quantitative estimate of drug-likeness (QED) is 0.268. The molecule has 4 aromatic carbocycles. The molecule has 1 aliphatic heterocycles. The topological polar surface area (TPSA) is 97.0 Å². The van der Waals surface area contributed by atoms with E-state index in [1.54, 1.807) is 60.7 Å². The normalized spacial score (nSPS) is 16.1. The molecular weight excluding hydrogens is 537 g/mol. The highest BCUT2D eigenvalue weighted by atomic mass is 19.1. The van der Waals surface area contributed by atoms with Crippen molar-refractivity contribution in [3.05, 3.63) is 131 Å². The van der Waals surface area contributed by atoms with Crippen molar-refractivity contribution in [1.29, 1.82) is 0 Å². The summed E-state index contributed by atoms with van der Waals surface area (Å²) in [5, 5.41) is 5.71. The van der Waals surface area contributed by atoms with Crippen LogP contribution < -0.4 is 15.4 Å². The van der Waals surface area contributed by atoms with Gasteiger partial charge < -0.3 is 20.1 Å². The minimum absolute atomic E-state index is 0.156. The highest BCUT2D eigenvalue weighted by Crippen LogP contribution is 2.35. The van der Waals surface area contributed by atoms with Crippen molar-refractivity contribution >= 4 is 23.6 Å².